The molecule has 0 aliphatic heterocycles. The minimum atomic E-state index is -0.767. The van der Waals surface area contributed by atoms with Crippen LogP contribution in [0.1, 0.15) is 78.9 Å². The van der Waals surface area contributed by atoms with E-state index in [0.717, 1.165) is 0 Å². The van der Waals surface area contributed by atoms with Crippen molar-refractivity contribution < 1.29 is 19.8 Å². The lowest BCUT2D eigenvalue weighted by atomic mass is 9.90. The summed E-state index contributed by atoms with van der Waals surface area (Å²) in [5.74, 6) is -0.714. The van der Waals surface area contributed by atoms with E-state index >= 15 is 0 Å². The standard InChI is InChI=1S/C16H25N3O4.3C2H6/c1-8-12(15(22)18-11(6-20)7-21)9(2)14(17)10(3)13(8)16(23)19(4)5;3*1-2/h11,20-21H,6-7,17H2,1-5H3,(H,18,22);3*1-2H3. The number of nitrogens with two attached hydrogens (primary N) is 1. The molecule has 2 amide bonds. The molecule has 0 aliphatic rings. The van der Waals surface area contributed by atoms with Crippen molar-refractivity contribution in [3.63, 3.8) is 0 Å². The van der Waals surface area contributed by atoms with Crippen molar-refractivity contribution in [1.29, 1.82) is 0 Å². The van der Waals surface area contributed by atoms with Crippen molar-refractivity contribution in [2.24, 2.45) is 0 Å². The van der Waals surface area contributed by atoms with E-state index in [0.29, 0.717) is 33.5 Å². The lowest BCUT2D eigenvalue weighted by Crippen LogP contribution is -2.41. The molecule has 0 bridgehead atoms. The second kappa shape index (κ2) is 16.8. The third-order valence-electron chi connectivity index (χ3n) is 3.93. The number of nitrogens with one attached hydrogen (secondary N) is 1. The van der Waals surface area contributed by atoms with Crippen LogP contribution in [0.5, 0.6) is 0 Å². The number of hydrogen-bond acceptors (Lipinski definition) is 5. The average Bonchev–Trinajstić information content (AvgIpc) is 2.74. The first kappa shape index (κ1) is 31.6. The van der Waals surface area contributed by atoms with Gasteiger partial charge in [-0.15, -0.1) is 0 Å². The SMILES string of the molecule is CC.CC.CC.Cc1c(N)c(C)c(C(=O)N(C)C)c(C)c1C(=O)NC(CO)CO. The Morgan fingerprint density at radius 3 is 1.59 bits per heavy atom. The van der Waals surface area contributed by atoms with Crippen LogP contribution in [-0.4, -0.2) is 60.3 Å². The number of benzene rings is 1. The Hall–Kier alpha value is -2.12. The molecular weight excluding hydrogens is 370 g/mol. The third kappa shape index (κ3) is 8.41. The summed E-state index contributed by atoms with van der Waals surface area (Å²) in [4.78, 5) is 26.4. The number of anilines is 1. The average molecular weight is 414 g/mol. The summed E-state index contributed by atoms with van der Waals surface area (Å²) in [5, 5.41) is 20.8. The van der Waals surface area contributed by atoms with Gasteiger partial charge in [-0.05, 0) is 37.5 Å². The summed E-state index contributed by atoms with van der Waals surface area (Å²) >= 11 is 0. The zero-order valence-electron chi connectivity index (χ0n) is 20.2. The minimum absolute atomic E-state index is 0.235. The Morgan fingerprint density at radius 2 is 1.24 bits per heavy atom. The van der Waals surface area contributed by atoms with Crippen LogP contribution in [0, 0.1) is 20.8 Å². The van der Waals surface area contributed by atoms with E-state index in [-0.39, 0.29) is 19.1 Å². The summed E-state index contributed by atoms with van der Waals surface area (Å²) < 4.78 is 0. The molecule has 7 heteroatoms. The van der Waals surface area contributed by atoms with Crippen LogP contribution < -0.4 is 11.1 Å². The predicted molar refractivity (Wildman–Crippen MR) is 123 cm³/mol. The Bertz CT molecular complexity index is 625. The van der Waals surface area contributed by atoms with Crippen LogP contribution >= 0.6 is 0 Å². The first-order valence-corrected chi connectivity index (χ1v) is 10.3. The van der Waals surface area contributed by atoms with Crippen LogP contribution in [0.4, 0.5) is 5.69 Å². The fraction of sp³-hybridized carbons (Fsp3) is 0.636. The van der Waals surface area contributed by atoms with Gasteiger partial charge in [0.1, 0.15) is 0 Å². The van der Waals surface area contributed by atoms with Gasteiger partial charge in [0.05, 0.1) is 19.3 Å². The van der Waals surface area contributed by atoms with Gasteiger partial charge in [-0.25, -0.2) is 0 Å². The van der Waals surface area contributed by atoms with Gasteiger partial charge < -0.3 is 26.2 Å². The van der Waals surface area contributed by atoms with Crippen molar-refractivity contribution in [2.75, 3.05) is 33.0 Å². The molecule has 0 saturated carbocycles. The lowest BCUT2D eigenvalue weighted by Gasteiger charge is -2.22. The number of aliphatic hydroxyl groups excluding tert-OH is 2. The van der Waals surface area contributed by atoms with Crippen LogP contribution in [0.25, 0.3) is 0 Å². The number of carbonyl (C=O) groups excluding carboxylic acids is 2. The highest BCUT2D eigenvalue weighted by atomic mass is 16.3. The quantitative estimate of drug-likeness (QED) is 0.554. The molecule has 1 aromatic carbocycles. The van der Waals surface area contributed by atoms with Gasteiger partial charge in [-0.2, -0.15) is 0 Å². The molecule has 0 atom stereocenters. The normalized spacial score (nSPS) is 9.17. The Labute approximate surface area is 177 Å². The molecule has 0 unspecified atom stereocenters. The Kier molecular flexibility index (Phi) is 18.3. The lowest BCUT2D eigenvalue weighted by molar-refractivity contribution is 0.0826. The van der Waals surface area contributed by atoms with E-state index in [4.69, 9.17) is 15.9 Å². The molecule has 0 heterocycles. The van der Waals surface area contributed by atoms with E-state index in [2.05, 4.69) is 5.32 Å². The van der Waals surface area contributed by atoms with Crippen molar-refractivity contribution in [1.82, 2.24) is 10.2 Å². The second-order valence-corrected chi connectivity index (χ2v) is 5.77. The van der Waals surface area contributed by atoms with Crippen LogP contribution in [0.2, 0.25) is 0 Å². The Morgan fingerprint density at radius 1 is 0.862 bits per heavy atom. The predicted octanol–water partition coefficient (Wildman–Crippen LogP) is 3.06. The number of hydrogen-bond donors (Lipinski definition) is 4. The van der Waals surface area contributed by atoms with E-state index in [1.165, 1.54) is 4.90 Å². The zero-order chi connectivity index (χ0) is 23.9. The zero-order valence-corrected chi connectivity index (χ0v) is 20.2. The molecule has 0 aliphatic carbocycles. The second-order valence-electron chi connectivity index (χ2n) is 5.77. The summed E-state index contributed by atoms with van der Waals surface area (Å²) in [5.41, 5.74) is 8.89. The van der Waals surface area contributed by atoms with Crippen LogP contribution in [0.3, 0.4) is 0 Å². The van der Waals surface area contributed by atoms with Gasteiger partial charge in [0, 0.05) is 30.9 Å². The number of nitrogen functional groups attached to an aromatic ring is 1. The van der Waals surface area contributed by atoms with Crippen LogP contribution in [0.15, 0.2) is 0 Å². The number of carbonyl (C=O) groups is 2. The molecule has 1 aromatic rings. The molecule has 0 radical (unpaired) electrons. The van der Waals surface area contributed by atoms with Gasteiger partial charge in [0.2, 0.25) is 0 Å². The van der Waals surface area contributed by atoms with Gasteiger partial charge in [0.25, 0.3) is 11.8 Å². The monoisotopic (exact) mass is 413 g/mol. The largest absolute Gasteiger partial charge is 0.398 e. The van der Waals surface area contributed by atoms with E-state index in [1.807, 2.05) is 41.5 Å². The maximum absolute atomic E-state index is 12.5. The number of rotatable bonds is 5. The summed E-state index contributed by atoms with van der Waals surface area (Å²) in [6.07, 6.45) is 0. The van der Waals surface area contributed by atoms with Crippen molar-refractivity contribution in [2.45, 2.75) is 68.4 Å². The first-order valence-electron chi connectivity index (χ1n) is 10.3. The molecule has 0 fully saturated rings. The fourth-order valence-corrected chi connectivity index (χ4v) is 2.53. The van der Waals surface area contributed by atoms with E-state index in [9.17, 15) is 9.59 Å². The molecule has 0 spiro atoms. The molecule has 5 N–H and O–H groups in total. The highest BCUT2D eigenvalue weighted by molar-refractivity contribution is 6.05. The Balaban J connectivity index is -0.00000103. The molecule has 0 saturated heterocycles. The molecular formula is C22H43N3O4. The maximum Gasteiger partial charge on any atom is 0.253 e. The molecule has 29 heavy (non-hydrogen) atoms. The first-order chi connectivity index (χ1) is 13.7. The minimum Gasteiger partial charge on any atom is -0.398 e. The number of amides is 2. The molecule has 0 aromatic heterocycles. The molecule has 7 nitrogen and oxygen atoms in total. The van der Waals surface area contributed by atoms with Crippen molar-refractivity contribution in [3.05, 3.63) is 27.8 Å². The number of nitrogens with zero attached hydrogens (tertiary/aromatic N) is 1. The van der Waals surface area contributed by atoms with E-state index in [1.54, 1.807) is 34.9 Å². The van der Waals surface area contributed by atoms with Gasteiger partial charge >= 0.3 is 0 Å². The fourth-order valence-electron chi connectivity index (χ4n) is 2.53. The molecule has 1 rings (SSSR count). The molecule has 170 valence electrons. The summed E-state index contributed by atoms with van der Waals surface area (Å²) in [7, 11) is 3.26. The highest BCUT2D eigenvalue weighted by Crippen LogP contribution is 2.29. The number of aliphatic hydroxyl groups is 2. The van der Waals surface area contributed by atoms with Gasteiger partial charge in [-0.1, -0.05) is 41.5 Å². The van der Waals surface area contributed by atoms with Crippen LogP contribution in [-0.2, 0) is 0 Å². The summed E-state index contributed by atoms with van der Waals surface area (Å²) in [6, 6.07) is -0.767. The third-order valence-corrected chi connectivity index (χ3v) is 3.93. The van der Waals surface area contributed by atoms with Crippen molar-refractivity contribution in [3.8, 4) is 0 Å². The van der Waals surface area contributed by atoms with Gasteiger partial charge in [-0.3, -0.25) is 9.59 Å². The van der Waals surface area contributed by atoms with Crippen molar-refractivity contribution >= 4 is 17.5 Å². The topological polar surface area (TPSA) is 116 Å². The smallest absolute Gasteiger partial charge is 0.253 e. The summed E-state index contributed by atoms with van der Waals surface area (Å²) in [6.45, 7) is 16.4. The van der Waals surface area contributed by atoms with E-state index < -0.39 is 11.9 Å². The highest BCUT2D eigenvalue weighted by Gasteiger charge is 2.25. The van der Waals surface area contributed by atoms with Gasteiger partial charge in [0.15, 0.2) is 0 Å². The maximum atomic E-state index is 12.5.